The second-order valence-electron chi connectivity index (χ2n) is 2.56. The van der Waals surface area contributed by atoms with Gasteiger partial charge in [-0.3, -0.25) is 0 Å². The summed E-state index contributed by atoms with van der Waals surface area (Å²) in [5.74, 6) is -0.391. The molecule has 0 atom stereocenters. The third-order valence-corrected chi connectivity index (χ3v) is 3.31. The molecule has 0 radical (unpaired) electrons. The van der Waals surface area contributed by atoms with Gasteiger partial charge in [0, 0.05) is 15.7 Å². The van der Waals surface area contributed by atoms with Gasteiger partial charge >= 0.3 is 0 Å². The second-order valence-corrected chi connectivity index (χ2v) is 3.92. The molecule has 0 saturated heterocycles. The Morgan fingerprint density at radius 1 is 1.46 bits per heavy atom. The fourth-order valence-corrected chi connectivity index (χ4v) is 2.47. The van der Waals surface area contributed by atoms with E-state index in [4.69, 9.17) is 5.26 Å². The highest BCUT2D eigenvalue weighted by atomic mass is 32.1. The summed E-state index contributed by atoms with van der Waals surface area (Å²) >= 11 is 5.58. The van der Waals surface area contributed by atoms with E-state index in [9.17, 15) is 4.39 Å². The molecule has 0 bridgehead atoms. The Labute approximate surface area is 83.8 Å². The van der Waals surface area contributed by atoms with Crippen molar-refractivity contribution in [2.45, 2.75) is 4.90 Å². The van der Waals surface area contributed by atoms with E-state index >= 15 is 0 Å². The summed E-state index contributed by atoms with van der Waals surface area (Å²) in [6, 6.07) is 4.60. The molecule has 1 aromatic carbocycles. The number of rotatable bonds is 0. The van der Waals surface area contributed by atoms with Crippen LogP contribution in [0, 0.1) is 17.1 Å². The molecule has 1 aromatic heterocycles. The van der Waals surface area contributed by atoms with Gasteiger partial charge in [-0.2, -0.15) is 5.26 Å². The van der Waals surface area contributed by atoms with Gasteiger partial charge in [-0.1, -0.05) is 0 Å². The Kier molecular flexibility index (Phi) is 1.98. The van der Waals surface area contributed by atoms with Crippen molar-refractivity contribution in [2.24, 2.45) is 0 Å². The number of hydrogen-bond acceptors (Lipinski definition) is 3. The largest absolute Gasteiger partial charge is 0.207 e. The third-order valence-electron chi connectivity index (χ3n) is 1.74. The van der Waals surface area contributed by atoms with Crippen LogP contribution >= 0.6 is 24.0 Å². The number of nitrogens with zero attached hydrogens (tertiary/aromatic N) is 1. The molecule has 0 aliphatic heterocycles. The SMILES string of the molecule is N#Cc1cc(F)cc2c(S)csc12. The molecular weight excluding hydrogens is 205 g/mol. The molecular formula is C9H4FNS2. The van der Waals surface area contributed by atoms with E-state index in [0.29, 0.717) is 10.9 Å². The zero-order valence-electron chi connectivity index (χ0n) is 6.41. The number of halogens is 1. The standard InChI is InChI=1S/C9H4FNS2/c10-6-1-5(3-11)9-7(2-6)8(12)4-13-9/h1-2,4,12H. The van der Waals surface area contributed by atoms with Crippen LogP contribution in [0.3, 0.4) is 0 Å². The summed E-state index contributed by atoms with van der Waals surface area (Å²) in [6.45, 7) is 0. The molecule has 2 rings (SSSR count). The highest BCUT2D eigenvalue weighted by Gasteiger charge is 2.07. The molecule has 0 spiro atoms. The van der Waals surface area contributed by atoms with Crippen molar-refractivity contribution in [1.29, 1.82) is 5.26 Å². The molecule has 0 unspecified atom stereocenters. The quantitative estimate of drug-likeness (QED) is 0.662. The predicted octanol–water partition coefficient (Wildman–Crippen LogP) is 3.20. The molecule has 0 N–H and O–H groups in total. The lowest BCUT2D eigenvalue weighted by Gasteiger charge is -1.94. The Hall–Kier alpha value is -1.05. The Balaban J connectivity index is 2.94. The number of benzene rings is 1. The van der Waals surface area contributed by atoms with Crippen LogP contribution in [0.4, 0.5) is 4.39 Å². The molecule has 0 aliphatic carbocycles. The van der Waals surface area contributed by atoms with Gasteiger partial charge in [0.2, 0.25) is 0 Å². The minimum absolute atomic E-state index is 0.375. The van der Waals surface area contributed by atoms with Crippen LogP contribution in [0.25, 0.3) is 10.1 Å². The van der Waals surface area contributed by atoms with Crippen LogP contribution in [0.1, 0.15) is 5.56 Å². The molecule has 1 heterocycles. The molecule has 0 aliphatic rings. The van der Waals surface area contributed by atoms with Gasteiger partial charge in [0.1, 0.15) is 11.9 Å². The first-order valence-electron chi connectivity index (χ1n) is 3.52. The van der Waals surface area contributed by atoms with Crippen molar-refractivity contribution in [1.82, 2.24) is 0 Å². The van der Waals surface area contributed by atoms with E-state index in [-0.39, 0.29) is 0 Å². The van der Waals surface area contributed by atoms with Crippen LogP contribution in [-0.2, 0) is 0 Å². The number of thiol groups is 1. The van der Waals surface area contributed by atoms with Crippen LogP contribution in [-0.4, -0.2) is 0 Å². The number of thiophene rings is 1. The minimum atomic E-state index is -0.391. The normalized spacial score (nSPS) is 10.2. The van der Waals surface area contributed by atoms with Gasteiger partial charge in [0.15, 0.2) is 0 Å². The maximum Gasteiger partial charge on any atom is 0.125 e. The fourth-order valence-electron chi connectivity index (χ4n) is 1.17. The van der Waals surface area contributed by atoms with Crippen LogP contribution in [0.15, 0.2) is 22.4 Å². The van der Waals surface area contributed by atoms with E-state index < -0.39 is 5.82 Å². The lowest BCUT2D eigenvalue weighted by Crippen LogP contribution is -1.79. The molecule has 64 valence electrons. The van der Waals surface area contributed by atoms with Crippen LogP contribution in [0.2, 0.25) is 0 Å². The van der Waals surface area contributed by atoms with Crippen molar-refractivity contribution in [2.75, 3.05) is 0 Å². The lowest BCUT2D eigenvalue weighted by atomic mass is 10.2. The summed E-state index contributed by atoms with van der Waals surface area (Å²) in [5, 5.41) is 11.2. The molecule has 1 nitrogen and oxygen atoms in total. The highest BCUT2D eigenvalue weighted by Crippen LogP contribution is 2.31. The topological polar surface area (TPSA) is 23.8 Å². The van der Waals surface area contributed by atoms with Crippen molar-refractivity contribution in [3.05, 3.63) is 28.9 Å². The first-order valence-corrected chi connectivity index (χ1v) is 4.85. The minimum Gasteiger partial charge on any atom is -0.207 e. The smallest absolute Gasteiger partial charge is 0.125 e. The number of fused-ring (bicyclic) bond motifs is 1. The number of nitriles is 1. The Bertz CT molecular complexity index is 510. The van der Waals surface area contributed by atoms with E-state index in [1.165, 1.54) is 23.5 Å². The summed E-state index contributed by atoms with van der Waals surface area (Å²) in [4.78, 5) is 0.719. The third kappa shape index (κ3) is 1.30. The summed E-state index contributed by atoms with van der Waals surface area (Å²) in [6.07, 6.45) is 0. The fraction of sp³-hybridized carbons (Fsp3) is 0. The number of hydrogen-bond donors (Lipinski definition) is 1. The highest BCUT2D eigenvalue weighted by molar-refractivity contribution is 7.80. The zero-order chi connectivity index (χ0) is 9.42. The lowest BCUT2D eigenvalue weighted by molar-refractivity contribution is 0.629. The van der Waals surface area contributed by atoms with Crippen LogP contribution < -0.4 is 0 Å². The van der Waals surface area contributed by atoms with E-state index in [2.05, 4.69) is 12.6 Å². The molecule has 4 heteroatoms. The summed E-state index contributed by atoms with van der Waals surface area (Å²) in [7, 11) is 0. The van der Waals surface area contributed by atoms with Gasteiger partial charge in [-0.05, 0) is 12.1 Å². The Morgan fingerprint density at radius 3 is 2.92 bits per heavy atom. The van der Waals surface area contributed by atoms with E-state index in [1.54, 1.807) is 5.38 Å². The van der Waals surface area contributed by atoms with Crippen molar-refractivity contribution < 1.29 is 4.39 Å². The first-order chi connectivity index (χ1) is 6.22. The zero-order valence-corrected chi connectivity index (χ0v) is 8.12. The van der Waals surface area contributed by atoms with Crippen LogP contribution in [0.5, 0.6) is 0 Å². The van der Waals surface area contributed by atoms with Gasteiger partial charge in [0.25, 0.3) is 0 Å². The predicted molar refractivity (Wildman–Crippen MR) is 53.8 cm³/mol. The van der Waals surface area contributed by atoms with E-state index in [0.717, 1.165) is 9.60 Å². The summed E-state index contributed by atoms with van der Waals surface area (Å²) < 4.78 is 13.8. The van der Waals surface area contributed by atoms with Gasteiger partial charge in [0.05, 0.1) is 10.3 Å². The van der Waals surface area contributed by atoms with Crippen molar-refractivity contribution in [3.63, 3.8) is 0 Å². The first kappa shape index (κ1) is 8.54. The second kappa shape index (κ2) is 3.02. The van der Waals surface area contributed by atoms with E-state index in [1.807, 2.05) is 6.07 Å². The van der Waals surface area contributed by atoms with Crippen molar-refractivity contribution >= 4 is 34.1 Å². The average molecular weight is 209 g/mol. The van der Waals surface area contributed by atoms with Gasteiger partial charge < -0.3 is 0 Å². The maximum absolute atomic E-state index is 13.0. The molecule has 2 aromatic rings. The molecule has 0 saturated carbocycles. The maximum atomic E-state index is 13.0. The monoisotopic (exact) mass is 209 g/mol. The van der Waals surface area contributed by atoms with Gasteiger partial charge in [-0.15, -0.1) is 24.0 Å². The Morgan fingerprint density at radius 2 is 2.23 bits per heavy atom. The average Bonchev–Trinajstić information content (AvgIpc) is 2.47. The van der Waals surface area contributed by atoms with Crippen molar-refractivity contribution in [3.8, 4) is 6.07 Å². The molecule has 13 heavy (non-hydrogen) atoms. The molecule has 0 fully saturated rings. The summed E-state index contributed by atoms with van der Waals surface area (Å²) in [5.41, 5.74) is 0.375. The molecule has 0 amide bonds. The van der Waals surface area contributed by atoms with Gasteiger partial charge in [-0.25, -0.2) is 4.39 Å².